The van der Waals surface area contributed by atoms with Crippen LogP contribution in [0.3, 0.4) is 0 Å². The van der Waals surface area contributed by atoms with Crippen LogP contribution in [0.25, 0.3) is 5.65 Å². The van der Waals surface area contributed by atoms with Crippen LogP contribution >= 0.6 is 0 Å². The molecule has 92 valence electrons. The average Bonchev–Trinajstić information content (AvgIpc) is 2.72. The van der Waals surface area contributed by atoms with E-state index in [0.717, 1.165) is 17.9 Å². The monoisotopic (exact) mass is 233 g/mol. The first-order valence-corrected chi connectivity index (χ1v) is 5.92. The lowest BCUT2D eigenvalue weighted by atomic mass is 10.1. The molecule has 0 spiro atoms. The second-order valence-corrected chi connectivity index (χ2v) is 4.40. The minimum absolute atomic E-state index is 0.484. The highest BCUT2D eigenvalue weighted by molar-refractivity contribution is 5.55. The van der Waals surface area contributed by atoms with E-state index in [1.54, 1.807) is 7.11 Å². The molecule has 0 bridgehead atoms. The SMILES string of the molecule is COCCNc1ccn2c(C(C)C)cnc2c1. The third kappa shape index (κ3) is 2.58. The molecule has 0 fully saturated rings. The summed E-state index contributed by atoms with van der Waals surface area (Å²) in [5, 5.41) is 3.30. The molecule has 0 aliphatic rings. The Hall–Kier alpha value is -1.55. The van der Waals surface area contributed by atoms with Gasteiger partial charge in [0.1, 0.15) is 5.65 Å². The van der Waals surface area contributed by atoms with E-state index in [9.17, 15) is 0 Å². The van der Waals surface area contributed by atoms with Gasteiger partial charge in [-0.05, 0) is 12.0 Å². The zero-order valence-corrected chi connectivity index (χ0v) is 10.6. The van der Waals surface area contributed by atoms with Gasteiger partial charge >= 0.3 is 0 Å². The smallest absolute Gasteiger partial charge is 0.138 e. The predicted molar refractivity (Wildman–Crippen MR) is 69.6 cm³/mol. The van der Waals surface area contributed by atoms with Crippen LogP contribution in [0.4, 0.5) is 5.69 Å². The summed E-state index contributed by atoms with van der Waals surface area (Å²) in [5.41, 5.74) is 3.30. The molecule has 4 heteroatoms. The van der Waals surface area contributed by atoms with Crippen LogP contribution in [-0.4, -0.2) is 29.6 Å². The minimum Gasteiger partial charge on any atom is -0.383 e. The van der Waals surface area contributed by atoms with Crippen molar-refractivity contribution >= 4 is 11.3 Å². The van der Waals surface area contributed by atoms with Crippen LogP contribution in [0.1, 0.15) is 25.5 Å². The van der Waals surface area contributed by atoms with Crippen LogP contribution < -0.4 is 5.32 Å². The van der Waals surface area contributed by atoms with Crippen molar-refractivity contribution in [1.82, 2.24) is 9.38 Å². The van der Waals surface area contributed by atoms with Crippen molar-refractivity contribution < 1.29 is 4.74 Å². The van der Waals surface area contributed by atoms with Crippen molar-refractivity contribution in [1.29, 1.82) is 0 Å². The normalized spacial score (nSPS) is 11.3. The lowest BCUT2D eigenvalue weighted by Crippen LogP contribution is -2.07. The summed E-state index contributed by atoms with van der Waals surface area (Å²) in [7, 11) is 1.70. The number of anilines is 1. The van der Waals surface area contributed by atoms with E-state index in [1.807, 2.05) is 6.20 Å². The Kier molecular flexibility index (Phi) is 3.64. The lowest BCUT2D eigenvalue weighted by molar-refractivity contribution is 0.211. The fraction of sp³-hybridized carbons (Fsp3) is 0.462. The van der Waals surface area contributed by atoms with Gasteiger partial charge in [-0.3, -0.25) is 0 Å². The molecule has 0 unspecified atom stereocenters. The molecule has 0 amide bonds. The topological polar surface area (TPSA) is 38.6 Å². The lowest BCUT2D eigenvalue weighted by Gasteiger charge is -2.08. The Bertz CT molecular complexity index is 490. The summed E-state index contributed by atoms with van der Waals surface area (Å²) >= 11 is 0. The molecule has 2 aromatic rings. The molecule has 1 N–H and O–H groups in total. The van der Waals surface area contributed by atoms with Gasteiger partial charge in [-0.15, -0.1) is 0 Å². The van der Waals surface area contributed by atoms with Crippen LogP contribution in [-0.2, 0) is 4.74 Å². The van der Waals surface area contributed by atoms with E-state index >= 15 is 0 Å². The van der Waals surface area contributed by atoms with Crippen LogP contribution in [0.2, 0.25) is 0 Å². The Morgan fingerprint density at radius 3 is 3.00 bits per heavy atom. The summed E-state index contributed by atoms with van der Waals surface area (Å²) in [6.45, 7) is 5.86. The number of rotatable bonds is 5. The van der Waals surface area contributed by atoms with Crippen LogP contribution in [0.15, 0.2) is 24.5 Å². The fourth-order valence-corrected chi connectivity index (χ4v) is 1.83. The third-order valence-corrected chi connectivity index (χ3v) is 2.77. The van der Waals surface area contributed by atoms with Crippen molar-refractivity contribution in [2.75, 3.05) is 25.6 Å². The van der Waals surface area contributed by atoms with Crippen molar-refractivity contribution in [2.24, 2.45) is 0 Å². The summed E-state index contributed by atoms with van der Waals surface area (Å²) in [6, 6.07) is 4.12. The molecule has 0 saturated carbocycles. The first-order chi connectivity index (χ1) is 8.22. The van der Waals surface area contributed by atoms with E-state index in [-0.39, 0.29) is 0 Å². The molecule has 0 aliphatic heterocycles. The van der Waals surface area contributed by atoms with Gasteiger partial charge in [0.05, 0.1) is 6.61 Å². The van der Waals surface area contributed by atoms with Gasteiger partial charge in [0.25, 0.3) is 0 Å². The Labute approximate surface area is 102 Å². The molecule has 0 atom stereocenters. The number of hydrogen-bond acceptors (Lipinski definition) is 3. The predicted octanol–water partition coefficient (Wildman–Crippen LogP) is 2.52. The molecule has 0 aromatic carbocycles. The number of ether oxygens (including phenoxy) is 1. The zero-order chi connectivity index (χ0) is 12.3. The quantitative estimate of drug-likeness (QED) is 0.806. The highest BCUT2D eigenvalue weighted by atomic mass is 16.5. The molecular weight excluding hydrogens is 214 g/mol. The summed E-state index contributed by atoms with van der Waals surface area (Å²) in [4.78, 5) is 4.42. The van der Waals surface area contributed by atoms with E-state index in [1.165, 1.54) is 5.69 Å². The molecule has 0 aliphatic carbocycles. The number of imidazole rings is 1. The maximum absolute atomic E-state index is 5.00. The second kappa shape index (κ2) is 5.19. The van der Waals surface area contributed by atoms with E-state index < -0.39 is 0 Å². The number of methoxy groups -OCH3 is 1. The maximum atomic E-state index is 5.00. The second-order valence-electron chi connectivity index (χ2n) is 4.40. The average molecular weight is 233 g/mol. The van der Waals surface area contributed by atoms with Crippen molar-refractivity contribution in [3.05, 3.63) is 30.2 Å². The van der Waals surface area contributed by atoms with Gasteiger partial charge in [-0.25, -0.2) is 4.98 Å². The molecule has 2 heterocycles. The molecule has 0 radical (unpaired) electrons. The third-order valence-electron chi connectivity index (χ3n) is 2.77. The standard InChI is InChI=1S/C13H19N3O/c1-10(2)12-9-15-13-8-11(4-6-16(12)13)14-5-7-17-3/h4,6,8-10,14H,5,7H2,1-3H3. The number of aromatic nitrogens is 2. The Morgan fingerprint density at radius 1 is 1.47 bits per heavy atom. The Morgan fingerprint density at radius 2 is 2.29 bits per heavy atom. The van der Waals surface area contributed by atoms with E-state index in [4.69, 9.17) is 4.74 Å². The molecule has 2 aromatic heterocycles. The zero-order valence-electron chi connectivity index (χ0n) is 10.6. The molecular formula is C13H19N3O. The van der Waals surface area contributed by atoms with E-state index in [2.05, 4.69) is 46.9 Å². The first kappa shape index (κ1) is 11.9. The summed E-state index contributed by atoms with van der Waals surface area (Å²) in [5.74, 6) is 0.484. The first-order valence-electron chi connectivity index (χ1n) is 5.92. The summed E-state index contributed by atoms with van der Waals surface area (Å²) < 4.78 is 7.13. The van der Waals surface area contributed by atoms with Gasteiger partial charge in [0.2, 0.25) is 0 Å². The van der Waals surface area contributed by atoms with Gasteiger partial charge in [0.15, 0.2) is 0 Å². The van der Waals surface area contributed by atoms with Crippen molar-refractivity contribution in [3.8, 4) is 0 Å². The largest absolute Gasteiger partial charge is 0.383 e. The maximum Gasteiger partial charge on any atom is 0.138 e. The minimum atomic E-state index is 0.484. The van der Waals surface area contributed by atoms with Crippen LogP contribution in [0.5, 0.6) is 0 Å². The highest BCUT2D eigenvalue weighted by Gasteiger charge is 2.06. The number of nitrogens with one attached hydrogen (secondary N) is 1. The number of hydrogen-bond donors (Lipinski definition) is 1. The summed E-state index contributed by atoms with van der Waals surface area (Å²) in [6.07, 6.45) is 4.01. The van der Waals surface area contributed by atoms with Gasteiger partial charge in [0, 0.05) is 43.5 Å². The molecule has 17 heavy (non-hydrogen) atoms. The molecule has 2 rings (SSSR count). The molecule has 4 nitrogen and oxygen atoms in total. The number of pyridine rings is 1. The van der Waals surface area contributed by atoms with Crippen LogP contribution in [0, 0.1) is 0 Å². The van der Waals surface area contributed by atoms with Gasteiger partial charge in [-0.2, -0.15) is 0 Å². The number of nitrogens with zero attached hydrogens (tertiary/aromatic N) is 2. The van der Waals surface area contributed by atoms with Gasteiger partial charge in [-0.1, -0.05) is 13.8 Å². The van der Waals surface area contributed by atoms with Crippen molar-refractivity contribution in [2.45, 2.75) is 19.8 Å². The number of fused-ring (bicyclic) bond motifs is 1. The van der Waals surface area contributed by atoms with Crippen molar-refractivity contribution in [3.63, 3.8) is 0 Å². The fourth-order valence-electron chi connectivity index (χ4n) is 1.83. The Balaban J connectivity index is 2.20. The molecule has 0 saturated heterocycles. The highest BCUT2D eigenvalue weighted by Crippen LogP contribution is 2.18. The van der Waals surface area contributed by atoms with E-state index in [0.29, 0.717) is 12.5 Å². The van der Waals surface area contributed by atoms with Gasteiger partial charge < -0.3 is 14.5 Å².